The highest BCUT2D eigenvalue weighted by molar-refractivity contribution is 5.94. The number of pyridine rings is 1. The Morgan fingerprint density at radius 3 is 2.71 bits per heavy atom. The molecule has 7 heteroatoms. The second-order valence-electron chi connectivity index (χ2n) is 9.36. The first-order valence-electron chi connectivity index (χ1n) is 10.6. The molecule has 0 atom stereocenters. The number of benzene rings is 1. The van der Waals surface area contributed by atoms with Crippen LogP contribution in [0.5, 0.6) is 0 Å². The first-order valence-corrected chi connectivity index (χ1v) is 10.6. The number of aryl methyl sites for hydroxylation is 1. The number of H-pyrrole nitrogens is 1. The molecular formula is C24H25FN4O2. The van der Waals surface area contributed by atoms with Crippen LogP contribution in [0.15, 0.2) is 30.5 Å². The zero-order valence-electron chi connectivity index (χ0n) is 18.0. The summed E-state index contributed by atoms with van der Waals surface area (Å²) in [5.74, 6) is -0.714. The van der Waals surface area contributed by atoms with Crippen molar-refractivity contribution in [1.82, 2.24) is 19.7 Å². The summed E-state index contributed by atoms with van der Waals surface area (Å²) in [4.78, 5) is 16.6. The second kappa shape index (κ2) is 6.64. The maximum atomic E-state index is 14.0. The maximum absolute atomic E-state index is 14.0. The van der Waals surface area contributed by atoms with Crippen LogP contribution in [0.1, 0.15) is 62.3 Å². The molecule has 2 N–H and O–H groups in total. The summed E-state index contributed by atoms with van der Waals surface area (Å²) >= 11 is 0. The van der Waals surface area contributed by atoms with E-state index in [4.69, 9.17) is 4.98 Å². The van der Waals surface area contributed by atoms with Crippen LogP contribution in [0.25, 0.3) is 27.8 Å². The molecule has 5 rings (SSSR count). The van der Waals surface area contributed by atoms with E-state index in [1.165, 1.54) is 6.07 Å². The molecule has 0 saturated heterocycles. The highest BCUT2D eigenvalue weighted by Crippen LogP contribution is 2.54. The molecule has 0 unspecified atom stereocenters. The molecule has 1 aromatic carbocycles. The fraction of sp³-hybridized carbons (Fsp3) is 0.375. The van der Waals surface area contributed by atoms with Crippen LogP contribution in [-0.4, -0.2) is 30.8 Å². The average molecular weight is 420 g/mol. The first-order chi connectivity index (χ1) is 14.7. The number of nitrogens with zero attached hydrogens (tertiary/aromatic N) is 3. The van der Waals surface area contributed by atoms with Gasteiger partial charge in [0.15, 0.2) is 5.65 Å². The molecule has 0 bridgehead atoms. The Balaban J connectivity index is 1.82. The standard InChI is InChI=1S/C24H25FN4O2/c1-12(2)21-19(15-9-24(4,10-15)23(30)31)20-18(8-14-11-26-28-22(14)27-20)29(21)16-5-6-17(25)13(3)7-16/h5-8,11-12,15H,9-10H2,1-4H3,(H,30,31)(H,26,27,28). The van der Waals surface area contributed by atoms with Crippen molar-refractivity contribution in [3.8, 4) is 5.69 Å². The second-order valence-corrected chi connectivity index (χ2v) is 9.36. The van der Waals surface area contributed by atoms with Crippen molar-refractivity contribution in [1.29, 1.82) is 0 Å². The minimum atomic E-state index is -0.753. The van der Waals surface area contributed by atoms with Crippen molar-refractivity contribution in [3.63, 3.8) is 0 Å². The number of hydrogen-bond acceptors (Lipinski definition) is 3. The number of hydrogen-bond donors (Lipinski definition) is 2. The summed E-state index contributed by atoms with van der Waals surface area (Å²) in [6, 6.07) is 7.20. The number of nitrogens with one attached hydrogen (secondary N) is 1. The molecule has 0 aliphatic heterocycles. The van der Waals surface area contributed by atoms with Gasteiger partial charge in [0, 0.05) is 22.3 Å². The summed E-state index contributed by atoms with van der Waals surface area (Å²) in [7, 11) is 0. The maximum Gasteiger partial charge on any atom is 0.309 e. The van der Waals surface area contributed by atoms with Gasteiger partial charge in [-0.15, -0.1) is 0 Å². The Morgan fingerprint density at radius 2 is 2.06 bits per heavy atom. The van der Waals surface area contributed by atoms with E-state index in [0.717, 1.165) is 33.4 Å². The number of rotatable bonds is 4. The number of halogens is 1. The molecule has 1 aliphatic rings. The fourth-order valence-electron chi connectivity index (χ4n) is 5.03. The number of fused-ring (bicyclic) bond motifs is 2. The van der Waals surface area contributed by atoms with Crippen molar-refractivity contribution in [2.24, 2.45) is 5.41 Å². The van der Waals surface area contributed by atoms with Crippen molar-refractivity contribution >= 4 is 28.0 Å². The molecule has 4 aromatic rings. The summed E-state index contributed by atoms with van der Waals surface area (Å²) in [6.45, 7) is 7.83. The van der Waals surface area contributed by atoms with Crippen LogP contribution in [0, 0.1) is 18.2 Å². The molecule has 31 heavy (non-hydrogen) atoms. The van der Waals surface area contributed by atoms with E-state index in [1.807, 2.05) is 13.0 Å². The van der Waals surface area contributed by atoms with Crippen LogP contribution in [0.4, 0.5) is 4.39 Å². The largest absolute Gasteiger partial charge is 0.481 e. The van der Waals surface area contributed by atoms with Gasteiger partial charge in [0.2, 0.25) is 0 Å². The molecule has 1 saturated carbocycles. The van der Waals surface area contributed by atoms with Crippen molar-refractivity contribution in [2.45, 2.75) is 52.4 Å². The van der Waals surface area contributed by atoms with Gasteiger partial charge < -0.3 is 9.67 Å². The number of aromatic amines is 1. The van der Waals surface area contributed by atoms with Gasteiger partial charge in [0.05, 0.1) is 22.6 Å². The molecule has 1 fully saturated rings. The van der Waals surface area contributed by atoms with Crippen molar-refractivity contribution in [2.75, 3.05) is 0 Å². The Morgan fingerprint density at radius 1 is 1.32 bits per heavy atom. The molecular weight excluding hydrogens is 395 g/mol. The molecule has 6 nitrogen and oxygen atoms in total. The third-order valence-corrected chi connectivity index (χ3v) is 6.68. The van der Waals surface area contributed by atoms with Crippen molar-refractivity contribution in [3.05, 3.63) is 53.1 Å². The molecule has 1 aliphatic carbocycles. The number of carbonyl (C=O) groups is 1. The van der Waals surface area contributed by atoms with E-state index in [0.29, 0.717) is 24.1 Å². The Labute approximate surface area is 179 Å². The van der Waals surface area contributed by atoms with E-state index >= 15 is 0 Å². The third-order valence-electron chi connectivity index (χ3n) is 6.68. The molecule has 3 heterocycles. The summed E-state index contributed by atoms with van der Waals surface area (Å²) < 4.78 is 16.2. The van der Waals surface area contributed by atoms with Crippen LogP contribution in [-0.2, 0) is 4.79 Å². The lowest BCUT2D eigenvalue weighted by Crippen LogP contribution is -2.40. The fourth-order valence-corrected chi connectivity index (χ4v) is 5.03. The average Bonchev–Trinajstić information content (AvgIpc) is 3.27. The van der Waals surface area contributed by atoms with Gasteiger partial charge >= 0.3 is 5.97 Å². The van der Waals surface area contributed by atoms with Gasteiger partial charge in [0.1, 0.15) is 5.82 Å². The van der Waals surface area contributed by atoms with E-state index in [-0.39, 0.29) is 17.7 Å². The predicted molar refractivity (Wildman–Crippen MR) is 117 cm³/mol. The van der Waals surface area contributed by atoms with Gasteiger partial charge in [-0.2, -0.15) is 5.10 Å². The normalized spacial score (nSPS) is 21.2. The Kier molecular flexibility index (Phi) is 4.22. The lowest BCUT2D eigenvalue weighted by Gasteiger charge is -2.42. The molecule has 0 spiro atoms. The summed E-state index contributed by atoms with van der Waals surface area (Å²) in [6.07, 6.45) is 2.90. The Bertz CT molecular complexity index is 1340. The molecule has 0 amide bonds. The third kappa shape index (κ3) is 2.86. The zero-order valence-corrected chi connectivity index (χ0v) is 18.0. The minimum Gasteiger partial charge on any atom is -0.481 e. The number of aromatic nitrogens is 4. The van der Waals surface area contributed by atoms with E-state index in [9.17, 15) is 14.3 Å². The molecule has 160 valence electrons. The SMILES string of the molecule is Cc1cc(-n2c(C(C)C)c(C3CC(C)(C(=O)O)C3)c3nc4[nH]ncc4cc32)ccc1F. The van der Waals surface area contributed by atoms with E-state index in [1.54, 1.807) is 19.2 Å². The molecule has 3 aromatic heterocycles. The van der Waals surface area contributed by atoms with Gasteiger partial charge in [-0.3, -0.25) is 9.89 Å². The van der Waals surface area contributed by atoms with Crippen LogP contribution < -0.4 is 0 Å². The topological polar surface area (TPSA) is 83.8 Å². The van der Waals surface area contributed by atoms with Crippen LogP contribution in [0.3, 0.4) is 0 Å². The predicted octanol–water partition coefficient (Wildman–Crippen LogP) is 5.44. The minimum absolute atomic E-state index is 0.108. The first kappa shape index (κ1) is 19.7. The Hall–Kier alpha value is -3.22. The lowest BCUT2D eigenvalue weighted by atomic mass is 9.60. The van der Waals surface area contributed by atoms with Crippen molar-refractivity contribution < 1.29 is 14.3 Å². The number of carboxylic acids is 1. The van der Waals surface area contributed by atoms with Gasteiger partial charge in [-0.25, -0.2) is 9.37 Å². The monoisotopic (exact) mass is 420 g/mol. The number of carboxylic acid groups (broad SMARTS) is 1. The lowest BCUT2D eigenvalue weighted by molar-refractivity contribution is -0.154. The molecule has 0 radical (unpaired) electrons. The zero-order chi connectivity index (χ0) is 22.1. The highest BCUT2D eigenvalue weighted by atomic mass is 19.1. The van der Waals surface area contributed by atoms with E-state index < -0.39 is 11.4 Å². The van der Waals surface area contributed by atoms with E-state index in [2.05, 4.69) is 34.7 Å². The van der Waals surface area contributed by atoms with Gasteiger partial charge in [-0.05, 0) is 68.4 Å². The van der Waals surface area contributed by atoms with Crippen LogP contribution >= 0.6 is 0 Å². The summed E-state index contributed by atoms with van der Waals surface area (Å²) in [5, 5.41) is 17.6. The number of aliphatic carboxylic acids is 1. The summed E-state index contributed by atoms with van der Waals surface area (Å²) in [5.41, 5.74) is 5.45. The quantitative estimate of drug-likeness (QED) is 0.460. The smallest absolute Gasteiger partial charge is 0.309 e. The van der Waals surface area contributed by atoms with Gasteiger partial charge in [-0.1, -0.05) is 13.8 Å². The van der Waals surface area contributed by atoms with Crippen LogP contribution in [0.2, 0.25) is 0 Å². The highest BCUT2D eigenvalue weighted by Gasteiger charge is 2.49. The van der Waals surface area contributed by atoms with Gasteiger partial charge in [0.25, 0.3) is 0 Å².